The summed E-state index contributed by atoms with van der Waals surface area (Å²) < 4.78 is 17.9. The predicted molar refractivity (Wildman–Crippen MR) is 139 cm³/mol. The SMILES string of the molecule is CCOC1=NC(c2nc3nc(NCc4ccc(OC)cc4)cnc3n2-c2c(O)cccc2OC)=C=C=C1. The average Bonchev–Trinajstić information content (AvgIpc) is 3.30. The second-order valence-corrected chi connectivity index (χ2v) is 7.85. The van der Waals surface area contributed by atoms with Crippen LogP contribution in [0.3, 0.4) is 0 Å². The number of rotatable bonds is 8. The van der Waals surface area contributed by atoms with Gasteiger partial charge in [0.05, 0.1) is 33.1 Å². The fourth-order valence-corrected chi connectivity index (χ4v) is 3.81. The van der Waals surface area contributed by atoms with Crippen molar-refractivity contribution in [3.63, 3.8) is 0 Å². The van der Waals surface area contributed by atoms with Gasteiger partial charge in [0.1, 0.15) is 28.8 Å². The van der Waals surface area contributed by atoms with Crippen molar-refractivity contribution in [1.82, 2.24) is 19.5 Å². The number of methoxy groups -OCH3 is 2. The molecule has 0 saturated carbocycles. The highest BCUT2D eigenvalue weighted by Crippen LogP contribution is 2.36. The maximum atomic E-state index is 10.8. The molecule has 2 N–H and O–H groups in total. The van der Waals surface area contributed by atoms with Crippen LogP contribution in [0.15, 0.2) is 71.2 Å². The fourth-order valence-electron chi connectivity index (χ4n) is 3.81. The molecular formula is C27H24N6O4. The van der Waals surface area contributed by atoms with Crippen LogP contribution in [0.4, 0.5) is 5.82 Å². The lowest BCUT2D eigenvalue weighted by Crippen LogP contribution is -2.07. The summed E-state index contributed by atoms with van der Waals surface area (Å²) in [6.45, 7) is 2.85. The number of ether oxygens (including phenoxy) is 3. The first-order valence-corrected chi connectivity index (χ1v) is 11.5. The summed E-state index contributed by atoms with van der Waals surface area (Å²) in [4.78, 5) is 18.5. The zero-order valence-corrected chi connectivity index (χ0v) is 20.5. The van der Waals surface area contributed by atoms with Crippen LogP contribution >= 0.6 is 0 Å². The number of para-hydroxylation sites is 1. The molecule has 0 saturated heterocycles. The van der Waals surface area contributed by atoms with E-state index in [-0.39, 0.29) is 5.75 Å². The lowest BCUT2D eigenvalue weighted by Gasteiger charge is -2.14. The molecule has 0 radical (unpaired) electrons. The van der Waals surface area contributed by atoms with Gasteiger partial charge in [0.25, 0.3) is 0 Å². The van der Waals surface area contributed by atoms with Gasteiger partial charge >= 0.3 is 0 Å². The van der Waals surface area contributed by atoms with Crippen molar-refractivity contribution < 1.29 is 19.3 Å². The maximum Gasteiger partial charge on any atom is 0.223 e. The number of benzene rings is 2. The molecule has 0 unspecified atom stereocenters. The van der Waals surface area contributed by atoms with Gasteiger partial charge in [-0.3, -0.25) is 4.57 Å². The number of aliphatic imine (C=N–C) groups is 1. The van der Waals surface area contributed by atoms with E-state index in [1.165, 1.54) is 7.11 Å². The first kappa shape index (κ1) is 23.7. The third-order valence-corrected chi connectivity index (χ3v) is 5.54. The molecule has 0 amide bonds. The van der Waals surface area contributed by atoms with Crippen LogP contribution in [-0.2, 0) is 11.3 Å². The molecule has 0 atom stereocenters. The third kappa shape index (κ3) is 4.75. The van der Waals surface area contributed by atoms with E-state index >= 15 is 0 Å². The third-order valence-electron chi connectivity index (χ3n) is 5.54. The molecule has 2 aromatic heterocycles. The number of nitrogens with zero attached hydrogens (tertiary/aromatic N) is 5. The van der Waals surface area contributed by atoms with Gasteiger partial charge in [0, 0.05) is 6.54 Å². The van der Waals surface area contributed by atoms with Crippen molar-refractivity contribution in [3.8, 4) is 22.9 Å². The van der Waals surface area contributed by atoms with Gasteiger partial charge in [-0.05, 0) is 42.5 Å². The van der Waals surface area contributed by atoms with Gasteiger partial charge in [0.2, 0.25) is 5.90 Å². The van der Waals surface area contributed by atoms with E-state index in [0.717, 1.165) is 11.3 Å². The number of hydrogen-bond donors (Lipinski definition) is 2. The Hall–Kier alpha value is -5.04. The number of hydrogen-bond acceptors (Lipinski definition) is 9. The summed E-state index contributed by atoms with van der Waals surface area (Å²) in [6.07, 6.45) is 3.21. The minimum absolute atomic E-state index is 0.0200. The van der Waals surface area contributed by atoms with Crippen LogP contribution in [0.25, 0.3) is 22.7 Å². The molecule has 1 aliphatic rings. The molecule has 186 valence electrons. The molecule has 0 spiro atoms. The smallest absolute Gasteiger partial charge is 0.223 e. The Morgan fingerprint density at radius 2 is 1.89 bits per heavy atom. The lowest BCUT2D eigenvalue weighted by atomic mass is 10.2. The van der Waals surface area contributed by atoms with Gasteiger partial charge in [-0.15, -0.1) is 0 Å². The predicted octanol–water partition coefficient (Wildman–Crippen LogP) is 4.25. The highest BCUT2D eigenvalue weighted by Gasteiger charge is 2.24. The lowest BCUT2D eigenvalue weighted by molar-refractivity contribution is 0.330. The van der Waals surface area contributed by atoms with E-state index in [4.69, 9.17) is 19.2 Å². The van der Waals surface area contributed by atoms with Crippen LogP contribution in [0.1, 0.15) is 18.3 Å². The van der Waals surface area contributed by atoms with Crippen LogP contribution in [0, 0.1) is 0 Å². The number of anilines is 1. The van der Waals surface area contributed by atoms with Crippen LogP contribution in [0.2, 0.25) is 0 Å². The number of aromatic hydroxyl groups is 1. The first-order valence-electron chi connectivity index (χ1n) is 11.5. The van der Waals surface area contributed by atoms with Crippen LogP contribution < -0.4 is 14.8 Å². The minimum Gasteiger partial charge on any atom is -0.506 e. The van der Waals surface area contributed by atoms with Crippen LogP contribution in [-0.4, -0.2) is 51.3 Å². The van der Waals surface area contributed by atoms with Crippen molar-refractivity contribution >= 4 is 28.7 Å². The zero-order valence-electron chi connectivity index (χ0n) is 20.5. The second-order valence-electron chi connectivity index (χ2n) is 7.85. The highest BCUT2D eigenvalue weighted by atomic mass is 16.5. The van der Waals surface area contributed by atoms with Crippen LogP contribution in [0.5, 0.6) is 17.2 Å². The average molecular weight is 497 g/mol. The topological polar surface area (TPSA) is 116 Å². The fraction of sp³-hybridized carbons (Fsp3) is 0.185. The Morgan fingerprint density at radius 3 is 2.65 bits per heavy atom. The molecule has 3 heterocycles. The van der Waals surface area contributed by atoms with E-state index in [1.807, 2.05) is 31.2 Å². The van der Waals surface area contributed by atoms with Crippen molar-refractivity contribution in [2.75, 3.05) is 26.1 Å². The summed E-state index contributed by atoms with van der Waals surface area (Å²) in [5.74, 6) is 2.46. The van der Waals surface area contributed by atoms with Gasteiger partial charge in [-0.1, -0.05) is 23.9 Å². The Labute approximate surface area is 212 Å². The monoisotopic (exact) mass is 496 g/mol. The number of aromatic nitrogens is 4. The molecular weight excluding hydrogens is 472 g/mol. The minimum atomic E-state index is -0.0200. The number of fused-ring (bicyclic) bond motifs is 1. The van der Waals surface area contributed by atoms with Crippen molar-refractivity contribution in [3.05, 3.63) is 77.6 Å². The Balaban J connectivity index is 1.60. The summed E-state index contributed by atoms with van der Waals surface area (Å²) in [5.41, 5.74) is 8.40. The standard InChI is InChI=1S/C27H24N6O4/c1-4-37-23-10-5-7-19(30-23)26-32-25-27(33(26)24-20(34)8-6-9-21(24)36-3)29-16-22(31-25)28-15-17-11-13-18(35-2)14-12-17/h6,8-14,16,34H,4,15H2,1-3H3,(H,28,31). The second kappa shape index (κ2) is 10.3. The van der Waals surface area contributed by atoms with E-state index < -0.39 is 0 Å². The zero-order chi connectivity index (χ0) is 25.8. The maximum absolute atomic E-state index is 10.8. The molecule has 0 aliphatic carbocycles. The Bertz CT molecular complexity index is 1590. The van der Waals surface area contributed by atoms with E-state index in [2.05, 4.69) is 31.7 Å². The van der Waals surface area contributed by atoms with Gasteiger partial charge in [-0.25, -0.2) is 19.9 Å². The summed E-state index contributed by atoms with van der Waals surface area (Å²) >= 11 is 0. The quantitative estimate of drug-likeness (QED) is 0.348. The summed E-state index contributed by atoms with van der Waals surface area (Å²) in [6, 6.07) is 12.7. The molecule has 1 aliphatic heterocycles. The van der Waals surface area contributed by atoms with E-state index in [9.17, 15) is 5.11 Å². The number of imidazole rings is 1. The highest BCUT2D eigenvalue weighted by molar-refractivity contribution is 5.94. The van der Waals surface area contributed by atoms with Crippen molar-refractivity contribution in [1.29, 1.82) is 0 Å². The molecule has 10 nitrogen and oxygen atoms in total. The van der Waals surface area contributed by atoms with E-state index in [1.54, 1.807) is 42.1 Å². The summed E-state index contributed by atoms with van der Waals surface area (Å²) in [5, 5.41) is 14.1. The molecule has 37 heavy (non-hydrogen) atoms. The Kier molecular flexibility index (Phi) is 6.59. The van der Waals surface area contributed by atoms with Crippen molar-refractivity contribution in [2.45, 2.75) is 13.5 Å². The summed E-state index contributed by atoms with van der Waals surface area (Å²) in [7, 11) is 3.16. The molecule has 0 bridgehead atoms. The number of phenolic OH excluding ortho intramolecular Hbond substituents is 1. The van der Waals surface area contributed by atoms with Crippen molar-refractivity contribution in [2.24, 2.45) is 4.99 Å². The molecule has 4 aromatic rings. The molecule has 10 heteroatoms. The molecule has 5 rings (SSSR count). The largest absolute Gasteiger partial charge is 0.506 e. The normalized spacial score (nSPS) is 12.3. The van der Waals surface area contributed by atoms with Gasteiger partial charge in [0.15, 0.2) is 22.8 Å². The van der Waals surface area contributed by atoms with Gasteiger partial charge in [-0.2, -0.15) is 0 Å². The Morgan fingerprint density at radius 1 is 1.05 bits per heavy atom. The van der Waals surface area contributed by atoms with E-state index in [0.29, 0.717) is 59.1 Å². The number of nitrogens with one attached hydrogen (secondary N) is 1. The first-order chi connectivity index (χ1) is 18.1. The molecule has 2 aromatic carbocycles. The molecule has 0 fully saturated rings. The number of phenols is 1. The van der Waals surface area contributed by atoms with Gasteiger partial charge < -0.3 is 24.6 Å².